The maximum absolute atomic E-state index is 11.1. The standard InChI is InChI=1S/C8H15N3O5/c1-5(4-6(12)13)11-8(15)10-2-3-16-7(9)14/h5H,2-4H2,1H3,(H2,9,14)(H,12,13)(H2,10,11,15). The Labute approximate surface area is 92.1 Å². The van der Waals surface area contributed by atoms with Gasteiger partial charge in [0.2, 0.25) is 0 Å². The number of nitrogens with two attached hydrogens (primary N) is 1. The lowest BCUT2D eigenvalue weighted by atomic mass is 10.2. The number of rotatable bonds is 6. The first-order valence-corrected chi connectivity index (χ1v) is 4.60. The number of ether oxygens (including phenoxy) is 1. The number of hydrogen-bond acceptors (Lipinski definition) is 4. The van der Waals surface area contributed by atoms with Crippen molar-refractivity contribution in [3.8, 4) is 0 Å². The second kappa shape index (κ2) is 7.32. The van der Waals surface area contributed by atoms with Crippen molar-refractivity contribution in [2.24, 2.45) is 5.73 Å². The van der Waals surface area contributed by atoms with Crippen LogP contribution in [0.3, 0.4) is 0 Å². The molecule has 0 heterocycles. The third kappa shape index (κ3) is 8.60. The monoisotopic (exact) mass is 233 g/mol. The molecule has 0 saturated heterocycles. The number of nitrogens with one attached hydrogen (secondary N) is 2. The largest absolute Gasteiger partial charge is 0.481 e. The van der Waals surface area contributed by atoms with E-state index in [1.165, 1.54) is 0 Å². The molecule has 0 bridgehead atoms. The summed E-state index contributed by atoms with van der Waals surface area (Å²) in [5.74, 6) is -0.995. The molecule has 0 aromatic carbocycles. The lowest BCUT2D eigenvalue weighted by molar-refractivity contribution is -0.137. The van der Waals surface area contributed by atoms with Crippen molar-refractivity contribution >= 4 is 18.1 Å². The van der Waals surface area contributed by atoms with Crippen molar-refractivity contribution in [1.29, 1.82) is 0 Å². The smallest absolute Gasteiger partial charge is 0.404 e. The number of carbonyl (C=O) groups is 3. The zero-order valence-corrected chi connectivity index (χ0v) is 8.86. The molecule has 0 aliphatic rings. The molecule has 1 unspecified atom stereocenters. The Bertz CT molecular complexity index is 268. The van der Waals surface area contributed by atoms with Crippen molar-refractivity contribution in [2.45, 2.75) is 19.4 Å². The number of carbonyl (C=O) groups excluding carboxylic acids is 2. The SMILES string of the molecule is CC(CC(=O)O)NC(=O)NCCOC(N)=O. The molecule has 92 valence electrons. The maximum Gasteiger partial charge on any atom is 0.404 e. The van der Waals surface area contributed by atoms with Crippen LogP contribution in [0, 0.1) is 0 Å². The zero-order chi connectivity index (χ0) is 12.6. The van der Waals surface area contributed by atoms with E-state index >= 15 is 0 Å². The highest BCUT2D eigenvalue weighted by molar-refractivity contribution is 5.75. The van der Waals surface area contributed by atoms with Gasteiger partial charge in [-0.15, -0.1) is 0 Å². The lowest BCUT2D eigenvalue weighted by Gasteiger charge is -2.12. The Balaban J connectivity index is 3.58. The second-order valence-electron chi connectivity index (χ2n) is 3.07. The maximum atomic E-state index is 11.1. The average molecular weight is 233 g/mol. The van der Waals surface area contributed by atoms with E-state index < -0.39 is 24.1 Å². The number of carboxylic acids is 1. The Morgan fingerprint density at radius 2 is 2.06 bits per heavy atom. The van der Waals surface area contributed by atoms with Gasteiger partial charge in [-0.2, -0.15) is 0 Å². The summed E-state index contributed by atoms with van der Waals surface area (Å²) in [7, 11) is 0. The first kappa shape index (κ1) is 14.0. The van der Waals surface area contributed by atoms with Gasteiger partial charge < -0.3 is 26.2 Å². The summed E-state index contributed by atoms with van der Waals surface area (Å²) < 4.78 is 4.36. The van der Waals surface area contributed by atoms with Gasteiger partial charge >= 0.3 is 18.1 Å². The van der Waals surface area contributed by atoms with Gasteiger partial charge in [-0.3, -0.25) is 4.79 Å². The number of urea groups is 1. The molecule has 8 heteroatoms. The van der Waals surface area contributed by atoms with E-state index in [2.05, 4.69) is 15.4 Å². The normalized spacial score (nSPS) is 11.3. The molecule has 1 atom stereocenters. The third-order valence-corrected chi connectivity index (χ3v) is 1.49. The Hall–Kier alpha value is -1.99. The van der Waals surface area contributed by atoms with Crippen LogP contribution in [-0.2, 0) is 9.53 Å². The predicted octanol–water partition coefficient (Wildman–Crippen LogP) is -0.756. The fourth-order valence-electron chi connectivity index (χ4n) is 0.904. The molecular formula is C8H15N3O5. The molecule has 5 N–H and O–H groups in total. The van der Waals surface area contributed by atoms with Crippen molar-refractivity contribution < 1.29 is 24.2 Å². The van der Waals surface area contributed by atoms with E-state index in [1.807, 2.05) is 0 Å². The summed E-state index contributed by atoms with van der Waals surface area (Å²) in [6.07, 6.45) is -1.08. The predicted molar refractivity (Wildman–Crippen MR) is 53.8 cm³/mol. The quantitative estimate of drug-likeness (QED) is 0.448. The van der Waals surface area contributed by atoms with Crippen molar-refractivity contribution in [2.75, 3.05) is 13.2 Å². The van der Waals surface area contributed by atoms with Crippen LogP contribution in [0.25, 0.3) is 0 Å². The second-order valence-corrected chi connectivity index (χ2v) is 3.07. The Kier molecular flexibility index (Phi) is 6.41. The van der Waals surface area contributed by atoms with Gasteiger partial charge in [0, 0.05) is 6.04 Å². The number of primary amides is 1. The molecular weight excluding hydrogens is 218 g/mol. The Morgan fingerprint density at radius 3 is 2.56 bits per heavy atom. The van der Waals surface area contributed by atoms with Gasteiger partial charge in [0.25, 0.3) is 0 Å². The summed E-state index contributed by atoms with van der Waals surface area (Å²) in [6, 6.07) is -1.00. The van der Waals surface area contributed by atoms with Crippen molar-refractivity contribution in [3.63, 3.8) is 0 Å². The molecule has 0 aliphatic carbocycles. The van der Waals surface area contributed by atoms with E-state index in [4.69, 9.17) is 10.8 Å². The molecule has 0 rings (SSSR count). The van der Waals surface area contributed by atoms with E-state index in [1.54, 1.807) is 6.92 Å². The minimum atomic E-state index is -0.995. The van der Waals surface area contributed by atoms with Crippen LogP contribution in [0.5, 0.6) is 0 Å². The van der Waals surface area contributed by atoms with Crippen LogP contribution in [0.2, 0.25) is 0 Å². The molecule has 8 nitrogen and oxygen atoms in total. The van der Waals surface area contributed by atoms with Crippen molar-refractivity contribution in [3.05, 3.63) is 0 Å². The summed E-state index contributed by atoms with van der Waals surface area (Å²) >= 11 is 0. The van der Waals surface area contributed by atoms with Gasteiger partial charge in [-0.1, -0.05) is 0 Å². The molecule has 0 saturated carbocycles. The minimum Gasteiger partial charge on any atom is -0.481 e. The van der Waals surface area contributed by atoms with E-state index in [-0.39, 0.29) is 19.6 Å². The topological polar surface area (TPSA) is 131 Å². The van der Waals surface area contributed by atoms with E-state index in [0.29, 0.717) is 0 Å². The van der Waals surface area contributed by atoms with Gasteiger partial charge in [0.1, 0.15) is 6.61 Å². The number of carboxylic acid groups (broad SMARTS) is 1. The van der Waals surface area contributed by atoms with E-state index in [9.17, 15) is 14.4 Å². The molecule has 16 heavy (non-hydrogen) atoms. The first-order chi connectivity index (χ1) is 7.41. The lowest BCUT2D eigenvalue weighted by Crippen LogP contribution is -2.42. The minimum absolute atomic E-state index is 0.0317. The first-order valence-electron chi connectivity index (χ1n) is 4.60. The van der Waals surface area contributed by atoms with Crippen LogP contribution < -0.4 is 16.4 Å². The number of aliphatic carboxylic acids is 1. The zero-order valence-electron chi connectivity index (χ0n) is 8.86. The van der Waals surface area contributed by atoms with Crippen LogP contribution in [-0.4, -0.2) is 42.4 Å². The van der Waals surface area contributed by atoms with Gasteiger partial charge in [0.15, 0.2) is 0 Å². The summed E-state index contributed by atoms with van der Waals surface area (Å²) in [5.41, 5.74) is 4.69. The molecule has 0 aliphatic heterocycles. The number of amides is 3. The highest BCUT2D eigenvalue weighted by Crippen LogP contribution is 1.89. The molecule has 0 aromatic heterocycles. The fraction of sp³-hybridized carbons (Fsp3) is 0.625. The summed E-state index contributed by atoms with van der Waals surface area (Å²) in [5, 5.41) is 13.2. The van der Waals surface area contributed by atoms with Crippen LogP contribution >= 0.6 is 0 Å². The Morgan fingerprint density at radius 1 is 1.44 bits per heavy atom. The highest BCUT2D eigenvalue weighted by Gasteiger charge is 2.10. The van der Waals surface area contributed by atoms with Gasteiger partial charge in [-0.05, 0) is 6.92 Å². The van der Waals surface area contributed by atoms with Crippen LogP contribution in [0.1, 0.15) is 13.3 Å². The van der Waals surface area contributed by atoms with Crippen LogP contribution in [0.15, 0.2) is 0 Å². The van der Waals surface area contributed by atoms with Gasteiger partial charge in [0.05, 0.1) is 13.0 Å². The highest BCUT2D eigenvalue weighted by atomic mass is 16.5. The molecule has 0 aromatic rings. The third-order valence-electron chi connectivity index (χ3n) is 1.49. The molecule has 0 spiro atoms. The fourth-order valence-corrected chi connectivity index (χ4v) is 0.904. The average Bonchev–Trinajstić information content (AvgIpc) is 2.10. The molecule has 0 fully saturated rings. The molecule has 3 amide bonds. The van der Waals surface area contributed by atoms with Crippen molar-refractivity contribution in [1.82, 2.24) is 10.6 Å². The van der Waals surface area contributed by atoms with Crippen LogP contribution in [0.4, 0.5) is 9.59 Å². The van der Waals surface area contributed by atoms with E-state index in [0.717, 1.165) is 0 Å². The summed E-state index contributed by atoms with van der Waals surface area (Å²) in [6.45, 7) is 1.64. The van der Waals surface area contributed by atoms with Gasteiger partial charge in [-0.25, -0.2) is 9.59 Å². The molecule has 0 radical (unpaired) electrons. The summed E-state index contributed by atoms with van der Waals surface area (Å²) in [4.78, 5) is 31.5. The number of hydrogen-bond donors (Lipinski definition) is 4.